The summed E-state index contributed by atoms with van der Waals surface area (Å²) in [6, 6.07) is 3.50. The van der Waals surface area contributed by atoms with E-state index < -0.39 is 24.7 Å². The molecule has 0 saturated carbocycles. The van der Waals surface area contributed by atoms with Gasteiger partial charge in [0.25, 0.3) is 0 Å². The van der Waals surface area contributed by atoms with Gasteiger partial charge in [-0.15, -0.1) is 0 Å². The summed E-state index contributed by atoms with van der Waals surface area (Å²) < 4.78 is 19.8. The average Bonchev–Trinajstić information content (AvgIpc) is 2.29. The van der Waals surface area contributed by atoms with Gasteiger partial charge in [0.2, 0.25) is 6.17 Å². The third-order valence-corrected chi connectivity index (χ3v) is 5.51. The molecule has 0 spiro atoms. The maximum atomic E-state index is 12.8. The minimum absolute atomic E-state index is 0.310. The number of aliphatic carboxylic acids is 1. The molecule has 18 heavy (non-hydrogen) atoms. The fraction of sp³-hybridized carbons (Fsp3) is 0.200. The molecule has 0 aliphatic carbocycles. The van der Waals surface area contributed by atoms with Crippen LogP contribution in [-0.4, -0.2) is 29.8 Å². The van der Waals surface area contributed by atoms with Crippen molar-refractivity contribution in [1.82, 2.24) is 0 Å². The summed E-state index contributed by atoms with van der Waals surface area (Å²) >= 11 is 6.11. The molecule has 0 aromatic heterocycles. The highest BCUT2D eigenvalue weighted by atomic mass is 127. The molecule has 1 aromatic carbocycles. The smallest absolute Gasteiger partial charge is 0.341 e. The molecule has 0 saturated heterocycles. The zero-order chi connectivity index (χ0) is 13.9. The Morgan fingerprint density at radius 2 is 1.94 bits per heavy atom. The molecule has 0 heterocycles. The van der Waals surface area contributed by atoms with Crippen molar-refractivity contribution < 1.29 is 23.8 Å². The molecule has 1 rings (SSSR count). The summed E-state index contributed by atoms with van der Waals surface area (Å²) in [5, 5.41) is 8.34. The Labute approximate surface area is 143 Å². The Morgan fingerprint density at radius 1 is 1.33 bits per heavy atom. The quantitative estimate of drug-likeness (QED) is 0.333. The number of esters is 1. The Morgan fingerprint density at radius 3 is 2.50 bits per heavy atom. The first-order chi connectivity index (χ1) is 8.32. The molecule has 0 fully saturated rings. The van der Waals surface area contributed by atoms with Crippen LogP contribution in [0.3, 0.4) is 0 Å². The van der Waals surface area contributed by atoms with Gasteiger partial charge in [-0.2, -0.15) is 0 Å². The van der Waals surface area contributed by atoms with Gasteiger partial charge in [0.05, 0.1) is 5.56 Å². The normalized spacial score (nSPS) is 12.0. The molecule has 98 valence electrons. The summed E-state index contributed by atoms with van der Waals surface area (Å²) in [7, 11) is 0. The Kier molecular flexibility index (Phi) is 6.50. The largest absolute Gasteiger partial charge is 0.479 e. The highest BCUT2D eigenvalue weighted by molar-refractivity contribution is 14.1. The summed E-state index contributed by atoms with van der Waals surface area (Å²) in [4.78, 5) is 22.0. The van der Waals surface area contributed by atoms with Crippen molar-refractivity contribution in [3.8, 4) is 0 Å². The summed E-state index contributed by atoms with van der Waals surface area (Å²) in [6.45, 7) is -0.785. The third-order valence-electron chi connectivity index (χ3n) is 1.84. The predicted octanol–water partition coefficient (Wildman–Crippen LogP) is 3.08. The van der Waals surface area contributed by atoms with Gasteiger partial charge < -0.3 is 9.84 Å². The van der Waals surface area contributed by atoms with Crippen molar-refractivity contribution in [3.05, 3.63) is 28.4 Å². The topological polar surface area (TPSA) is 63.6 Å². The zero-order valence-corrected chi connectivity index (χ0v) is 15.1. The number of carboxylic acid groups (broad SMARTS) is 1. The van der Waals surface area contributed by atoms with Crippen LogP contribution in [0.2, 0.25) is 0 Å². The molecule has 0 amide bonds. The van der Waals surface area contributed by atoms with Crippen LogP contribution in [-0.2, 0) is 9.53 Å². The van der Waals surface area contributed by atoms with Gasteiger partial charge in [0.1, 0.15) is 6.61 Å². The van der Waals surface area contributed by atoms with Gasteiger partial charge in [-0.05, 0) is 79.9 Å². The number of hydrogen-bond acceptors (Lipinski definition) is 3. The summed E-state index contributed by atoms with van der Waals surface area (Å²) in [5.74, 6) is -2.37. The van der Waals surface area contributed by atoms with E-state index in [2.05, 4.69) is 27.3 Å². The maximum Gasteiger partial charge on any atom is 0.341 e. The fourth-order valence-corrected chi connectivity index (χ4v) is 3.38. The SMILES string of the molecule is O=C(OCC(F)C(=O)O)c1cc(I)cc(I)c1I. The van der Waals surface area contributed by atoms with Crippen LogP contribution in [0, 0.1) is 10.7 Å². The van der Waals surface area contributed by atoms with E-state index >= 15 is 0 Å². The third kappa shape index (κ3) is 4.43. The molecule has 0 radical (unpaired) electrons. The van der Waals surface area contributed by atoms with Crippen molar-refractivity contribution in [1.29, 1.82) is 0 Å². The van der Waals surface area contributed by atoms with E-state index in [0.717, 1.165) is 7.14 Å². The molecule has 8 heteroatoms. The van der Waals surface area contributed by atoms with E-state index in [1.54, 1.807) is 6.07 Å². The van der Waals surface area contributed by atoms with Crippen LogP contribution in [0.15, 0.2) is 12.1 Å². The van der Waals surface area contributed by atoms with E-state index in [9.17, 15) is 14.0 Å². The second-order valence-corrected chi connectivity index (χ2v) is 6.64. The Balaban J connectivity index is 2.82. The van der Waals surface area contributed by atoms with Crippen molar-refractivity contribution in [2.24, 2.45) is 0 Å². The lowest BCUT2D eigenvalue weighted by molar-refractivity contribution is -0.144. The Bertz CT molecular complexity index is 492. The van der Waals surface area contributed by atoms with Crippen LogP contribution < -0.4 is 0 Å². The summed E-state index contributed by atoms with van der Waals surface area (Å²) in [5.41, 5.74) is 0.310. The molecule has 0 aliphatic rings. The number of ether oxygens (including phenoxy) is 1. The van der Waals surface area contributed by atoms with E-state index in [0.29, 0.717) is 9.13 Å². The predicted molar refractivity (Wildman–Crippen MR) is 87.4 cm³/mol. The van der Waals surface area contributed by atoms with E-state index in [1.165, 1.54) is 0 Å². The second kappa shape index (κ2) is 7.17. The molecule has 4 nitrogen and oxygen atoms in total. The number of alkyl halides is 1. The minimum atomic E-state index is -2.20. The van der Waals surface area contributed by atoms with Crippen molar-refractivity contribution in [3.63, 3.8) is 0 Å². The van der Waals surface area contributed by atoms with E-state index in [4.69, 9.17) is 5.11 Å². The molecular weight excluding hydrogens is 584 g/mol. The molecule has 1 unspecified atom stereocenters. The number of carbonyl (C=O) groups excluding carboxylic acids is 1. The number of carbonyl (C=O) groups is 2. The van der Waals surface area contributed by atoms with Crippen LogP contribution in [0.1, 0.15) is 10.4 Å². The number of halogens is 4. The van der Waals surface area contributed by atoms with Gasteiger partial charge in [0.15, 0.2) is 0 Å². The first-order valence-corrected chi connectivity index (χ1v) is 7.75. The monoisotopic (exact) mass is 590 g/mol. The van der Waals surface area contributed by atoms with Gasteiger partial charge in [0, 0.05) is 10.7 Å². The number of rotatable bonds is 4. The maximum absolute atomic E-state index is 12.8. The first kappa shape index (κ1) is 16.3. The van der Waals surface area contributed by atoms with Crippen molar-refractivity contribution in [2.45, 2.75) is 6.17 Å². The van der Waals surface area contributed by atoms with Gasteiger partial charge in [-0.25, -0.2) is 14.0 Å². The highest BCUT2D eigenvalue weighted by Crippen LogP contribution is 2.23. The Hall–Kier alpha value is 0.280. The van der Waals surface area contributed by atoms with E-state index in [1.807, 2.05) is 51.2 Å². The molecule has 1 aromatic rings. The van der Waals surface area contributed by atoms with E-state index in [-0.39, 0.29) is 0 Å². The first-order valence-electron chi connectivity index (χ1n) is 4.51. The summed E-state index contributed by atoms with van der Waals surface area (Å²) in [6.07, 6.45) is -2.20. The second-order valence-electron chi connectivity index (χ2n) is 3.15. The zero-order valence-electron chi connectivity index (χ0n) is 8.62. The fourth-order valence-electron chi connectivity index (χ4n) is 1.00. The lowest BCUT2D eigenvalue weighted by Gasteiger charge is -2.09. The number of hydrogen-bond donors (Lipinski definition) is 1. The number of benzene rings is 1. The minimum Gasteiger partial charge on any atom is -0.479 e. The lowest BCUT2D eigenvalue weighted by Crippen LogP contribution is -2.23. The van der Waals surface area contributed by atoms with Crippen molar-refractivity contribution >= 4 is 79.7 Å². The van der Waals surface area contributed by atoms with Gasteiger partial charge in [-0.1, -0.05) is 0 Å². The van der Waals surface area contributed by atoms with Crippen molar-refractivity contribution in [2.75, 3.05) is 6.61 Å². The van der Waals surface area contributed by atoms with Crippen LogP contribution >= 0.6 is 67.8 Å². The highest BCUT2D eigenvalue weighted by Gasteiger charge is 2.20. The van der Waals surface area contributed by atoms with Crippen LogP contribution in [0.25, 0.3) is 0 Å². The van der Waals surface area contributed by atoms with Gasteiger partial charge >= 0.3 is 11.9 Å². The molecular formula is C10H6FI3O4. The molecule has 1 N–H and O–H groups in total. The molecule has 1 atom stereocenters. The lowest BCUT2D eigenvalue weighted by atomic mass is 10.2. The molecule has 0 aliphatic heterocycles. The average molecular weight is 590 g/mol. The van der Waals surface area contributed by atoms with Crippen LogP contribution in [0.5, 0.6) is 0 Å². The molecule has 0 bridgehead atoms. The number of carboxylic acids is 1. The van der Waals surface area contributed by atoms with Gasteiger partial charge in [-0.3, -0.25) is 0 Å². The standard InChI is InChI=1S/C10H6FI3O4/c11-6(9(15)16)3-18-10(17)5-1-4(12)2-7(13)8(5)14/h1-2,6H,3H2,(H,15,16). The van der Waals surface area contributed by atoms with Crippen LogP contribution in [0.4, 0.5) is 4.39 Å².